The van der Waals surface area contributed by atoms with Crippen LogP contribution < -0.4 is 4.90 Å². The number of Topliss-reactive ketones (excluding diaryl/α,β-unsaturated/α-hetero) is 1. The van der Waals surface area contributed by atoms with E-state index in [2.05, 4.69) is 0 Å². The zero-order chi connectivity index (χ0) is 23.1. The Hall–Kier alpha value is -3.16. The van der Waals surface area contributed by atoms with E-state index in [9.17, 15) is 27.9 Å². The number of nitrogens with zero attached hydrogens (tertiary/aromatic N) is 1. The summed E-state index contributed by atoms with van der Waals surface area (Å²) in [7, 11) is 0. The van der Waals surface area contributed by atoms with E-state index in [-0.39, 0.29) is 23.2 Å². The van der Waals surface area contributed by atoms with Gasteiger partial charge >= 0.3 is 6.18 Å². The van der Waals surface area contributed by atoms with Crippen molar-refractivity contribution in [1.29, 1.82) is 0 Å². The number of fused-ring (bicyclic) bond motifs is 1. The van der Waals surface area contributed by atoms with E-state index in [1.54, 1.807) is 18.2 Å². The monoisotopic (exact) mass is 459 g/mol. The highest BCUT2D eigenvalue weighted by molar-refractivity contribution is 6.30. The SMILES string of the molecule is O=C(C[C@@]1(O)C(=O)N(Cc2cccc(C(F)(F)F)c2)c2ccccc21)c1ccc(Cl)cc1. The molecule has 0 spiro atoms. The van der Waals surface area contributed by atoms with Gasteiger partial charge in [-0.05, 0) is 48.0 Å². The van der Waals surface area contributed by atoms with Crippen LogP contribution in [-0.2, 0) is 23.1 Å². The molecule has 0 aromatic heterocycles. The first-order chi connectivity index (χ1) is 15.1. The van der Waals surface area contributed by atoms with Crippen LogP contribution in [0.4, 0.5) is 18.9 Å². The van der Waals surface area contributed by atoms with Crippen molar-refractivity contribution in [2.24, 2.45) is 0 Å². The summed E-state index contributed by atoms with van der Waals surface area (Å²) in [5, 5.41) is 11.8. The number of aliphatic hydroxyl groups is 1. The molecule has 3 aromatic carbocycles. The third kappa shape index (κ3) is 4.01. The molecule has 0 aliphatic carbocycles. The van der Waals surface area contributed by atoms with Crippen LogP contribution in [-0.4, -0.2) is 16.8 Å². The first-order valence-electron chi connectivity index (χ1n) is 9.68. The maximum atomic E-state index is 13.3. The minimum atomic E-state index is -4.52. The molecule has 1 atom stereocenters. The van der Waals surface area contributed by atoms with Gasteiger partial charge in [0.1, 0.15) is 0 Å². The van der Waals surface area contributed by atoms with E-state index in [1.165, 1.54) is 47.4 Å². The van der Waals surface area contributed by atoms with Crippen LogP contribution in [0, 0.1) is 0 Å². The molecule has 0 saturated carbocycles. The molecule has 3 aromatic rings. The summed E-state index contributed by atoms with van der Waals surface area (Å²) in [6.07, 6.45) is -5.03. The summed E-state index contributed by atoms with van der Waals surface area (Å²) < 4.78 is 39.3. The van der Waals surface area contributed by atoms with E-state index < -0.39 is 35.5 Å². The number of carbonyl (C=O) groups is 2. The van der Waals surface area contributed by atoms with E-state index >= 15 is 0 Å². The number of carbonyl (C=O) groups excluding carboxylic acids is 2. The highest BCUT2D eigenvalue weighted by atomic mass is 35.5. The molecular weight excluding hydrogens is 443 g/mol. The van der Waals surface area contributed by atoms with Gasteiger partial charge in [-0.25, -0.2) is 0 Å². The molecule has 4 rings (SSSR count). The molecule has 8 heteroatoms. The summed E-state index contributed by atoms with van der Waals surface area (Å²) in [4.78, 5) is 27.3. The highest BCUT2D eigenvalue weighted by Gasteiger charge is 2.50. The van der Waals surface area contributed by atoms with Gasteiger partial charge in [-0.1, -0.05) is 41.9 Å². The summed E-state index contributed by atoms with van der Waals surface area (Å²) in [5.74, 6) is -1.23. The van der Waals surface area contributed by atoms with Gasteiger partial charge in [0.15, 0.2) is 11.4 Å². The van der Waals surface area contributed by atoms with Gasteiger partial charge in [0.2, 0.25) is 0 Å². The molecule has 0 radical (unpaired) electrons. The number of hydrogen-bond acceptors (Lipinski definition) is 3. The largest absolute Gasteiger partial charge is 0.416 e. The highest BCUT2D eigenvalue weighted by Crippen LogP contribution is 2.43. The Bertz CT molecular complexity index is 1190. The minimum absolute atomic E-state index is 0.183. The molecule has 0 unspecified atom stereocenters. The van der Waals surface area contributed by atoms with Crippen LogP contribution in [0.1, 0.15) is 33.5 Å². The van der Waals surface area contributed by atoms with Crippen molar-refractivity contribution in [3.8, 4) is 0 Å². The second-order valence-electron chi connectivity index (χ2n) is 7.57. The van der Waals surface area contributed by atoms with Crippen LogP contribution >= 0.6 is 11.6 Å². The lowest BCUT2D eigenvalue weighted by molar-refractivity contribution is -0.137. The Balaban J connectivity index is 1.66. The van der Waals surface area contributed by atoms with Crippen molar-refractivity contribution in [3.05, 3.63) is 100 Å². The van der Waals surface area contributed by atoms with Crippen molar-refractivity contribution in [3.63, 3.8) is 0 Å². The fraction of sp³-hybridized carbons (Fsp3) is 0.167. The summed E-state index contributed by atoms with van der Waals surface area (Å²) in [6, 6.07) is 17.1. The maximum Gasteiger partial charge on any atom is 0.416 e. The van der Waals surface area contributed by atoms with Gasteiger partial charge in [-0.15, -0.1) is 0 Å². The summed E-state index contributed by atoms with van der Waals surface area (Å²) in [6.45, 7) is -0.183. The Kier molecular flexibility index (Phi) is 5.56. The molecule has 1 amide bonds. The third-order valence-electron chi connectivity index (χ3n) is 5.42. The van der Waals surface area contributed by atoms with Gasteiger partial charge in [0.05, 0.1) is 24.2 Å². The average molecular weight is 460 g/mol. The molecule has 0 fully saturated rings. The van der Waals surface area contributed by atoms with E-state index in [0.717, 1.165) is 12.1 Å². The minimum Gasteiger partial charge on any atom is -0.375 e. The first kappa shape index (κ1) is 22.0. The summed E-state index contributed by atoms with van der Waals surface area (Å²) in [5.41, 5.74) is -1.85. The average Bonchev–Trinajstić information content (AvgIpc) is 2.96. The number of para-hydroxylation sites is 1. The Morgan fingerprint density at radius 3 is 2.38 bits per heavy atom. The molecule has 32 heavy (non-hydrogen) atoms. The number of hydrogen-bond donors (Lipinski definition) is 1. The molecule has 1 N–H and O–H groups in total. The molecule has 164 valence electrons. The van der Waals surface area contributed by atoms with E-state index in [4.69, 9.17) is 11.6 Å². The number of amides is 1. The van der Waals surface area contributed by atoms with Crippen molar-refractivity contribution >= 4 is 29.0 Å². The lowest BCUT2D eigenvalue weighted by Gasteiger charge is -2.23. The molecule has 1 aliphatic rings. The second kappa shape index (κ2) is 8.07. The standard InChI is InChI=1S/C24H17ClF3NO3/c25-18-10-8-16(9-11-18)21(30)13-23(32)19-6-1-2-7-20(19)29(22(23)31)14-15-4-3-5-17(12-15)24(26,27)28/h1-12,32H,13-14H2/t23-/m0/s1. The number of alkyl halides is 3. The summed E-state index contributed by atoms with van der Waals surface area (Å²) >= 11 is 5.85. The number of rotatable bonds is 5. The second-order valence-corrected chi connectivity index (χ2v) is 8.01. The van der Waals surface area contributed by atoms with Crippen molar-refractivity contribution in [2.75, 3.05) is 4.90 Å². The topological polar surface area (TPSA) is 57.6 Å². The Labute approximate surface area is 186 Å². The van der Waals surface area contributed by atoms with E-state index in [0.29, 0.717) is 10.7 Å². The normalized spacial score (nSPS) is 18.0. The zero-order valence-corrected chi connectivity index (χ0v) is 17.3. The van der Waals surface area contributed by atoms with Crippen LogP contribution in [0.25, 0.3) is 0 Å². The predicted molar refractivity (Wildman–Crippen MR) is 113 cm³/mol. The van der Waals surface area contributed by atoms with Gasteiger partial charge in [0, 0.05) is 16.1 Å². The van der Waals surface area contributed by atoms with Crippen molar-refractivity contribution in [2.45, 2.75) is 24.7 Å². The zero-order valence-electron chi connectivity index (χ0n) is 16.6. The van der Waals surface area contributed by atoms with Crippen LogP contribution in [0.2, 0.25) is 5.02 Å². The fourth-order valence-electron chi connectivity index (χ4n) is 3.83. The van der Waals surface area contributed by atoms with Crippen molar-refractivity contribution < 1.29 is 27.9 Å². The smallest absolute Gasteiger partial charge is 0.375 e. The van der Waals surface area contributed by atoms with E-state index in [1.807, 2.05) is 0 Å². The maximum absolute atomic E-state index is 13.3. The van der Waals surface area contributed by atoms with Crippen molar-refractivity contribution in [1.82, 2.24) is 0 Å². The molecule has 0 saturated heterocycles. The molecule has 0 bridgehead atoms. The first-order valence-corrected chi connectivity index (χ1v) is 10.1. The number of ketones is 1. The van der Waals surface area contributed by atoms with Gasteiger partial charge in [-0.3, -0.25) is 9.59 Å². The van der Waals surface area contributed by atoms with Gasteiger partial charge in [-0.2, -0.15) is 13.2 Å². The Morgan fingerprint density at radius 2 is 1.69 bits per heavy atom. The number of halogens is 4. The van der Waals surface area contributed by atoms with Crippen LogP contribution in [0.5, 0.6) is 0 Å². The Morgan fingerprint density at radius 1 is 1.00 bits per heavy atom. The lowest BCUT2D eigenvalue weighted by atomic mass is 9.88. The molecular formula is C24H17ClF3NO3. The lowest BCUT2D eigenvalue weighted by Crippen LogP contribution is -2.41. The third-order valence-corrected chi connectivity index (χ3v) is 5.67. The quantitative estimate of drug-likeness (QED) is 0.522. The number of anilines is 1. The number of benzene rings is 3. The molecule has 1 aliphatic heterocycles. The molecule has 1 heterocycles. The van der Waals surface area contributed by atoms with Crippen LogP contribution in [0.3, 0.4) is 0 Å². The van der Waals surface area contributed by atoms with Crippen LogP contribution in [0.15, 0.2) is 72.8 Å². The predicted octanol–water partition coefficient (Wildman–Crippen LogP) is 5.37. The molecule has 4 nitrogen and oxygen atoms in total. The van der Waals surface area contributed by atoms with Gasteiger partial charge in [0.25, 0.3) is 5.91 Å². The van der Waals surface area contributed by atoms with Gasteiger partial charge < -0.3 is 10.0 Å². The fourth-order valence-corrected chi connectivity index (χ4v) is 3.96.